The molecule has 1 saturated heterocycles. The number of anilines is 1. The van der Waals surface area contributed by atoms with Gasteiger partial charge in [0.1, 0.15) is 30.7 Å². The highest BCUT2D eigenvalue weighted by molar-refractivity contribution is 7.52. The van der Waals surface area contributed by atoms with Crippen molar-refractivity contribution in [2.75, 3.05) is 18.9 Å². The zero-order chi connectivity index (χ0) is 43.4. The minimum Gasteiger partial charge on any atom is -0.465 e. The zero-order valence-electron chi connectivity index (χ0n) is 30.1. The van der Waals surface area contributed by atoms with Gasteiger partial charge in [-0.3, -0.25) is 13.9 Å². The monoisotopic (exact) mass is 870 g/mol. The summed E-state index contributed by atoms with van der Waals surface area (Å²) in [7, 11) is -4.86. The van der Waals surface area contributed by atoms with E-state index >= 15 is 0 Å². The highest BCUT2D eigenvalue weighted by Gasteiger charge is 2.81. The Balaban J connectivity index is 1.33. The number of benzene rings is 2. The summed E-state index contributed by atoms with van der Waals surface area (Å²) in [4.78, 5) is 24.6. The molecule has 0 unspecified atom stereocenters. The van der Waals surface area contributed by atoms with Crippen LogP contribution >= 0.6 is 7.75 Å². The molecule has 5 rings (SSSR count). The second-order valence-corrected chi connectivity index (χ2v) is 14.8. The van der Waals surface area contributed by atoms with Crippen LogP contribution < -0.4 is 15.3 Å². The molecule has 4 N–H and O–H groups in total. The summed E-state index contributed by atoms with van der Waals surface area (Å²) in [6.07, 6.45) is -8.43. The first kappa shape index (κ1) is 45.1. The Morgan fingerprint density at radius 2 is 1.68 bits per heavy atom. The molecule has 0 aliphatic carbocycles. The highest BCUT2D eigenvalue weighted by atomic mass is 31.2. The van der Waals surface area contributed by atoms with Crippen LogP contribution in [-0.4, -0.2) is 85.5 Å². The first-order valence-corrected chi connectivity index (χ1v) is 18.8. The van der Waals surface area contributed by atoms with E-state index in [1.165, 1.54) is 35.2 Å². The van der Waals surface area contributed by atoms with Gasteiger partial charge in [0.15, 0.2) is 22.6 Å². The molecule has 1 aliphatic rings. The van der Waals surface area contributed by atoms with Gasteiger partial charge >= 0.3 is 43.7 Å². The average molecular weight is 871 g/mol. The summed E-state index contributed by atoms with van der Waals surface area (Å²) in [6.45, 7) is -1.73. The Morgan fingerprint density at radius 1 is 1.03 bits per heavy atom. The summed E-state index contributed by atoms with van der Waals surface area (Å²) >= 11 is 0. The molecule has 0 radical (unpaired) electrons. The minimum absolute atomic E-state index is 0.00493. The number of aliphatic hydroxyl groups excluding tert-OH is 1. The largest absolute Gasteiger partial charge is 0.465 e. The maximum atomic E-state index is 14.5. The number of terminal acetylenes is 1. The smallest absolute Gasteiger partial charge is 0.460 e. The third-order valence-electron chi connectivity index (χ3n) is 8.92. The Kier molecular flexibility index (Phi) is 13.2. The molecule has 320 valence electrons. The van der Waals surface area contributed by atoms with E-state index in [1.807, 2.05) is 0 Å². The number of imidazole rings is 1. The average Bonchev–Trinajstić information content (AvgIpc) is 3.74. The Bertz CT molecular complexity index is 2180. The zero-order valence-corrected chi connectivity index (χ0v) is 31.0. The second kappa shape index (κ2) is 17.3. The second-order valence-electron chi connectivity index (χ2n) is 13.1. The van der Waals surface area contributed by atoms with Gasteiger partial charge < -0.3 is 24.8 Å². The van der Waals surface area contributed by atoms with E-state index < -0.39 is 100 Å². The van der Waals surface area contributed by atoms with Crippen molar-refractivity contribution in [3.63, 3.8) is 0 Å². The molecule has 4 aromatic rings. The number of aromatic nitrogens is 4. The van der Waals surface area contributed by atoms with Gasteiger partial charge in [-0.05, 0) is 37.0 Å². The number of rotatable bonds is 18. The van der Waals surface area contributed by atoms with Crippen molar-refractivity contribution in [2.45, 2.75) is 80.0 Å². The number of alkyl halides is 9. The summed E-state index contributed by atoms with van der Waals surface area (Å²) in [6, 6.07) is 13.5. The third kappa shape index (κ3) is 9.73. The van der Waals surface area contributed by atoms with Crippen molar-refractivity contribution in [2.24, 2.45) is 0 Å². The first-order chi connectivity index (χ1) is 27.5. The molecule has 59 heavy (non-hydrogen) atoms. The van der Waals surface area contributed by atoms with Crippen LogP contribution in [0.1, 0.15) is 37.5 Å². The van der Waals surface area contributed by atoms with Crippen molar-refractivity contribution in [1.82, 2.24) is 24.6 Å². The van der Waals surface area contributed by atoms with Crippen molar-refractivity contribution >= 4 is 30.7 Å². The number of fused-ring (bicyclic) bond motifs is 1. The van der Waals surface area contributed by atoms with Crippen LogP contribution in [0.5, 0.6) is 5.75 Å². The maximum absolute atomic E-state index is 14.5. The SMILES string of the molecule is C#C[C@]1(CO[P@](=O)(N[C@@H](Cc2ccccc2)C(=O)OCCCCC(F)(F)C(F)(F)C(F)(F)C(F)(F)F)Oc2ccccc2)O[C@@H](n2cnc3c(N)nc(F)nc32)C[C@@H]1O. The molecule has 1 aliphatic heterocycles. The third-order valence-corrected chi connectivity index (χ3v) is 10.5. The lowest BCUT2D eigenvalue weighted by atomic mass is 9.99. The summed E-state index contributed by atoms with van der Waals surface area (Å²) in [5.74, 6) is -19.0. The number of halogens is 10. The Hall–Kier alpha value is -5.01. The van der Waals surface area contributed by atoms with Crippen molar-refractivity contribution in [3.05, 3.63) is 78.6 Å². The van der Waals surface area contributed by atoms with Crippen LogP contribution in [-0.2, 0) is 29.8 Å². The number of hydrogen-bond acceptors (Lipinski definition) is 11. The van der Waals surface area contributed by atoms with Crippen molar-refractivity contribution < 1.29 is 76.9 Å². The van der Waals surface area contributed by atoms with E-state index in [0.29, 0.717) is 5.56 Å². The normalized spacial score (nSPS) is 20.5. The van der Waals surface area contributed by atoms with E-state index in [-0.39, 0.29) is 35.6 Å². The van der Waals surface area contributed by atoms with Gasteiger partial charge in [-0.1, -0.05) is 54.5 Å². The standard InChI is InChI=1S/C35H33F10N6O7P/c1-2-31(24(52)18-25(57-31)51-20-47-26-27(46)48-30(36)49-28(26)51)19-56-59(54,58-22-13-7-4-8-14-22)50-23(17-21-11-5-3-6-12-21)29(53)55-16-10-9-15-32(37,38)33(39,40)34(41,42)35(43,44)45/h1,3-8,11-14,20,23-25,52H,9-10,15-19H2,(H,50,54)(H2,46,48,49)/t23-,24-,25+,31+,59+/m0/s1. The molecule has 0 spiro atoms. The fourth-order valence-electron chi connectivity index (χ4n) is 5.75. The summed E-state index contributed by atoms with van der Waals surface area (Å²) in [5.41, 5.74) is 3.96. The highest BCUT2D eigenvalue weighted by Crippen LogP contribution is 2.54. The van der Waals surface area contributed by atoms with Gasteiger partial charge in [0.2, 0.25) is 0 Å². The lowest BCUT2D eigenvalue weighted by Gasteiger charge is -2.33. The quantitative estimate of drug-likeness (QED) is 0.0239. The molecule has 0 amide bonds. The van der Waals surface area contributed by atoms with Gasteiger partial charge in [0.25, 0.3) is 0 Å². The van der Waals surface area contributed by atoms with E-state index in [2.05, 4.69) is 26.0 Å². The van der Waals surface area contributed by atoms with E-state index in [0.717, 1.165) is 0 Å². The van der Waals surface area contributed by atoms with E-state index in [9.17, 15) is 58.4 Å². The van der Waals surface area contributed by atoms with Crippen LogP contribution in [0.15, 0.2) is 67.0 Å². The lowest BCUT2D eigenvalue weighted by Crippen LogP contribution is -2.60. The number of nitrogen functional groups attached to an aromatic ring is 1. The molecule has 0 bridgehead atoms. The Morgan fingerprint density at radius 3 is 2.31 bits per heavy atom. The number of ether oxygens (including phenoxy) is 2. The maximum Gasteiger partial charge on any atom is 0.460 e. The molecule has 24 heteroatoms. The topological polar surface area (TPSA) is 173 Å². The number of nitrogens with two attached hydrogens (primary N) is 1. The number of carbonyl (C=O) groups excluding carboxylic acids is 1. The molecule has 0 saturated carbocycles. The molecule has 5 atom stereocenters. The molecule has 2 aromatic carbocycles. The number of nitrogens with zero attached hydrogens (tertiary/aromatic N) is 4. The number of aliphatic hydroxyl groups is 1. The molecule has 3 heterocycles. The predicted molar refractivity (Wildman–Crippen MR) is 185 cm³/mol. The number of unbranched alkanes of at least 4 members (excludes halogenated alkanes) is 1. The fourth-order valence-corrected chi connectivity index (χ4v) is 7.26. The molecule has 2 aromatic heterocycles. The van der Waals surface area contributed by atoms with Crippen LogP contribution in [0.3, 0.4) is 0 Å². The minimum atomic E-state index is -7.05. The number of nitrogens with one attached hydrogen (secondary N) is 1. The molecule has 13 nitrogen and oxygen atoms in total. The number of carbonyl (C=O) groups is 1. The van der Waals surface area contributed by atoms with Gasteiger partial charge in [-0.25, -0.2) is 9.55 Å². The Labute approximate surface area is 327 Å². The molecule has 1 fully saturated rings. The van der Waals surface area contributed by atoms with Crippen LogP contribution in [0.2, 0.25) is 0 Å². The van der Waals surface area contributed by atoms with Gasteiger partial charge in [-0.2, -0.15) is 59.0 Å². The molecular formula is C35H33F10N6O7P. The fraction of sp³-hybridized carbons (Fsp3) is 0.429. The van der Waals surface area contributed by atoms with E-state index in [4.69, 9.17) is 30.7 Å². The summed E-state index contributed by atoms with van der Waals surface area (Å²) in [5, 5.41) is 13.6. The van der Waals surface area contributed by atoms with Crippen molar-refractivity contribution in [3.8, 4) is 18.1 Å². The van der Waals surface area contributed by atoms with Crippen LogP contribution in [0.4, 0.5) is 49.7 Å². The number of para-hydroxylation sites is 1. The summed E-state index contributed by atoms with van der Waals surface area (Å²) < 4.78 is 172. The first-order valence-electron chi connectivity index (χ1n) is 17.2. The van der Waals surface area contributed by atoms with Gasteiger partial charge in [-0.15, -0.1) is 6.42 Å². The molecular weight excluding hydrogens is 837 g/mol. The number of hydrogen-bond donors (Lipinski definition) is 3. The van der Waals surface area contributed by atoms with E-state index in [1.54, 1.807) is 36.4 Å². The number of esters is 1. The van der Waals surface area contributed by atoms with Crippen LogP contribution in [0.25, 0.3) is 11.2 Å². The van der Waals surface area contributed by atoms with Crippen molar-refractivity contribution in [1.29, 1.82) is 0 Å². The van der Waals surface area contributed by atoms with Gasteiger partial charge in [0.05, 0.1) is 12.9 Å². The predicted octanol–water partition coefficient (Wildman–Crippen LogP) is 6.79. The van der Waals surface area contributed by atoms with Crippen LogP contribution in [0, 0.1) is 18.4 Å². The van der Waals surface area contributed by atoms with Gasteiger partial charge in [0, 0.05) is 12.8 Å². The lowest BCUT2D eigenvalue weighted by molar-refractivity contribution is -0.396.